The Kier molecular flexibility index (Phi) is 3.92. The van der Waals surface area contributed by atoms with Crippen molar-refractivity contribution >= 4 is 11.3 Å². The molecule has 5 rings (SSSR count). The molecule has 3 N–H and O–H groups in total. The van der Waals surface area contributed by atoms with Crippen LogP contribution in [0.15, 0.2) is 42.5 Å². The average molecular weight is 352 g/mol. The predicted octanol–water partition coefficient (Wildman–Crippen LogP) is 1.50. The molecule has 1 aromatic carbocycles. The first-order valence-corrected chi connectivity index (χ1v) is 9.21. The standard InChI is InChI=1S/C19H24N6O/c20-19-17-7-6-16(25(17)22-21-19)18-12-24-9-8-23(11-15(24)13-26-18)10-14-4-2-1-3-5-14/h1-7,15,18,22H,8-13H2,(H2,20,21). The van der Waals surface area contributed by atoms with Crippen LogP contribution in [0.1, 0.15) is 17.4 Å². The number of nitrogen functional groups attached to an aromatic ring is 1. The maximum Gasteiger partial charge on any atom is 0.171 e. The zero-order chi connectivity index (χ0) is 17.5. The van der Waals surface area contributed by atoms with Gasteiger partial charge in [0.05, 0.1) is 12.3 Å². The molecule has 26 heavy (non-hydrogen) atoms. The predicted molar refractivity (Wildman–Crippen MR) is 99.7 cm³/mol. The second-order valence-corrected chi connectivity index (χ2v) is 7.27. The van der Waals surface area contributed by atoms with Crippen molar-refractivity contribution in [2.45, 2.75) is 18.7 Å². The van der Waals surface area contributed by atoms with E-state index >= 15 is 0 Å². The van der Waals surface area contributed by atoms with E-state index in [1.807, 2.05) is 10.6 Å². The Balaban J connectivity index is 1.25. The SMILES string of the molecule is Nc1n[nH]n2c(C3CN4CCN(Cc5ccccc5)CC4CO3)ccc12. The number of hydrogen-bond acceptors (Lipinski definition) is 5. The Bertz CT molecular complexity index is 888. The molecule has 0 spiro atoms. The number of nitrogens with two attached hydrogens (primary N) is 1. The van der Waals surface area contributed by atoms with Crippen LogP contribution in [-0.2, 0) is 11.3 Å². The van der Waals surface area contributed by atoms with Crippen molar-refractivity contribution in [2.24, 2.45) is 0 Å². The third kappa shape index (κ3) is 2.78. The molecule has 0 aliphatic carbocycles. The van der Waals surface area contributed by atoms with Crippen molar-refractivity contribution in [3.63, 3.8) is 0 Å². The highest BCUT2D eigenvalue weighted by Gasteiger charge is 2.35. The van der Waals surface area contributed by atoms with Gasteiger partial charge in [0.15, 0.2) is 5.82 Å². The summed E-state index contributed by atoms with van der Waals surface area (Å²) in [5.74, 6) is 0.527. The molecule has 2 unspecified atom stereocenters. The molecule has 136 valence electrons. The monoisotopic (exact) mass is 352 g/mol. The van der Waals surface area contributed by atoms with Gasteiger partial charge in [0.1, 0.15) is 11.6 Å². The van der Waals surface area contributed by atoms with Crippen molar-refractivity contribution in [2.75, 3.05) is 38.5 Å². The number of nitrogens with one attached hydrogen (secondary N) is 1. The quantitative estimate of drug-likeness (QED) is 0.747. The van der Waals surface area contributed by atoms with Crippen LogP contribution in [-0.4, -0.2) is 63.5 Å². The Morgan fingerprint density at radius 2 is 2.00 bits per heavy atom. The summed E-state index contributed by atoms with van der Waals surface area (Å²) in [5, 5.41) is 7.06. The largest absolute Gasteiger partial charge is 0.380 e. The van der Waals surface area contributed by atoms with Crippen LogP contribution in [0.2, 0.25) is 0 Å². The van der Waals surface area contributed by atoms with Gasteiger partial charge in [-0.25, -0.2) is 9.73 Å². The Labute approximate surface area is 152 Å². The van der Waals surface area contributed by atoms with Crippen molar-refractivity contribution < 1.29 is 4.74 Å². The number of H-pyrrole nitrogens is 1. The minimum atomic E-state index is 0.0503. The fraction of sp³-hybridized carbons (Fsp3) is 0.421. The van der Waals surface area contributed by atoms with Gasteiger partial charge < -0.3 is 10.5 Å². The van der Waals surface area contributed by atoms with Gasteiger partial charge in [-0.2, -0.15) is 0 Å². The third-order valence-corrected chi connectivity index (χ3v) is 5.60. The highest BCUT2D eigenvalue weighted by Crippen LogP contribution is 2.29. The molecule has 2 atom stereocenters. The molecule has 0 bridgehead atoms. The van der Waals surface area contributed by atoms with Crippen molar-refractivity contribution in [3.8, 4) is 0 Å². The summed E-state index contributed by atoms with van der Waals surface area (Å²) in [5.41, 5.74) is 9.27. The molecule has 3 aromatic rings. The second-order valence-electron chi connectivity index (χ2n) is 7.27. The van der Waals surface area contributed by atoms with Gasteiger partial charge in [-0.15, -0.1) is 5.10 Å². The van der Waals surface area contributed by atoms with Gasteiger partial charge in [0.25, 0.3) is 0 Å². The van der Waals surface area contributed by atoms with E-state index in [0.29, 0.717) is 11.9 Å². The fourth-order valence-electron chi connectivity index (χ4n) is 4.19. The van der Waals surface area contributed by atoms with Gasteiger partial charge in [0, 0.05) is 38.8 Å². The van der Waals surface area contributed by atoms with Crippen LogP contribution < -0.4 is 5.73 Å². The van der Waals surface area contributed by atoms with Gasteiger partial charge in [-0.1, -0.05) is 30.3 Å². The molecule has 2 fully saturated rings. The van der Waals surface area contributed by atoms with E-state index in [4.69, 9.17) is 10.5 Å². The topological polar surface area (TPSA) is 74.8 Å². The Morgan fingerprint density at radius 1 is 1.12 bits per heavy atom. The zero-order valence-corrected chi connectivity index (χ0v) is 14.7. The number of morpholine rings is 1. The van der Waals surface area contributed by atoms with Crippen molar-refractivity contribution in [3.05, 3.63) is 53.7 Å². The van der Waals surface area contributed by atoms with Gasteiger partial charge >= 0.3 is 0 Å². The molecule has 0 saturated carbocycles. The molecule has 2 saturated heterocycles. The fourth-order valence-corrected chi connectivity index (χ4v) is 4.19. The second kappa shape index (κ2) is 6.42. The van der Waals surface area contributed by atoms with E-state index in [0.717, 1.165) is 50.5 Å². The number of nitrogens with zero attached hydrogens (tertiary/aromatic N) is 4. The van der Waals surface area contributed by atoms with Gasteiger partial charge in [-0.05, 0) is 17.7 Å². The smallest absolute Gasteiger partial charge is 0.171 e. The minimum absolute atomic E-state index is 0.0503. The van der Waals surface area contributed by atoms with Crippen LogP contribution in [0.25, 0.3) is 5.52 Å². The van der Waals surface area contributed by atoms with Crippen LogP contribution >= 0.6 is 0 Å². The molecule has 0 amide bonds. The number of anilines is 1. The number of hydrogen-bond donors (Lipinski definition) is 2. The summed E-state index contributed by atoms with van der Waals surface area (Å²) < 4.78 is 8.17. The third-order valence-electron chi connectivity index (χ3n) is 5.60. The van der Waals surface area contributed by atoms with E-state index in [-0.39, 0.29) is 6.10 Å². The van der Waals surface area contributed by atoms with Gasteiger partial charge in [0.2, 0.25) is 0 Å². The first kappa shape index (κ1) is 15.9. The molecular weight excluding hydrogens is 328 g/mol. The van der Waals surface area contributed by atoms with Crippen molar-refractivity contribution in [1.29, 1.82) is 0 Å². The molecule has 4 heterocycles. The van der Waals surface area contributed by atoms with E-state index < -0.39 is 0 Å². The maximum absolute atomic E-state index is 6.23. The molecular formula is C19H24N6O. The minimum Gasteiger partial charge on any atom is -0.380 e. The number of aromatic amines is 1. The lowest BCUT2D eigenvalue weighted by Gasteiger charge is -2.46. The number of piperazine rings is 1. The summed E-state index contributed by atoms with van der Waals surface area (Å²) in [6, 6.07) is 15.2. The van der Waals surface area contributed by atoms with Crippen LogP contribution in [0.4, 0.5) is 5.82 Å². The molecule has 2 aliphatic heterocycles. The molecule has 2 aromatic heterocycles. The number of fused-ring (bicyclic) bond motifs is 2. The molecule has 2 aliphatic rings. The first-order valence-electron chi connectivity index (χ1n) is 9.21. The summed E-state index contributed by atoms with van der Waals surface area (Å²) in [4.78, 5) is 5.10. The van der Waals surface area contributed by atoms with E-state index in [9.17, 15) is 0 Å². The maximum atomic E-state index is 6.23. The van der Waals surface area contributed by atoms with E-state index in [1.165, 1.54) is 5.56 Å². The van der Waals surface area contributed by atoms with Crippen LogP contribution in [0.5, 0.6) is 0 Å². The van der Waals surface area contributed by atoms with Crippen LogP contribution in [0, 0.1) is 0 Å². The van der Waals surface area contributed by atoms with E-state index in [1.54, 1.807) is 0 Å². The lowest BCUT2D eigenvalue weighted by Crippen LogP contribution is -2.58. The number of ether oxygens (including phenoxy) is 1. The van der Waals surface area contributed by atoms with Gasteiger partial charge in [-0.3, -0.25) is 9.80 Å². The van der Waals surface area contributed by atoms with Crippen molar-refractivity contribution in [1.82, 2.24) is 24.6 Å². The lowest BCUT2D eigenvalue weighted by molar-refractivity contribution is -0.0932. The molecule has 0 radical (unpaired) electrons. The average Bonchev–Trinajstić information content (AvgIpc) is 3.25. The number of rotatable bonds is 3. The number of aromatic nitrogens is 3. The molecule has 7 heteroatoms. The first-order chi connectivity index (χ1) is 12.8. The highest BCUT2D eigenvalue weighted by atomic mass is 16.5. The zero-order valence-electron chi connectivity index (χ0n) is 14.7. The summed E-state index contributed by atoms with van der Waals surface area (Å²) in [6.45, 7) is 5.92. The number of benzene rings is 1. The Hall–Kier alpha value is -2.35. The summed E-state index contributed by atoms with van der Waals surface area (Å²) in [7, 11) is 0. The normalized spacial score (nSPS) is 24.8. The van der Waals surface area contributed by atoms with E-state index in [2.05, 4.69) is 56.5 Å². The summed E-state index contributed by atoms with van der Waals surface area (Å²) in [6.07, 6.45) is 0.0503. The van der Waals surface area contributed by atoms with Crippen LogP contribution in [0.3, 0.4) is 0 Å². The Morgan fingerprint density at radius 3 is 2.88 bits per heavy atom. The molecule has 7 nitrogen and oxygen atoms in total. The summed E-state index contributed by atoms with van der Waals surface area (Å²) >= 11 is 0. The highest BCUT2D eigenvalue weighted by molar-refractivity contribution is 5.65. The lowest BCUT2D eigenvalue weighted by atomic mass is 10.1.